The van der Waals surface area contributed by atoms with Crippen LogP contribution in [0.2, 0.25) is 0 Å². The fourth-order valence-corrected chi connectivity index (χ4v) is 3.18. The highest BCUT2D eigenvalue weighted by atomic mass is 32.2. The Balaban J connectivity index is 2.13. The van der Waals surface area contributed by atoms with Crippen molar-refractivity contribution in [2.24, 2.45) is 0 Å². The molecule has 2 aromatic rings. The molecule has 0 bridgehead atoms. The first-order valence-corrected chi connectivity index (χ1v) is 9.77. The summed E-state index contributed by atoms with van der Waals surface area (Å²) in [6, 6.07) is 9.39. The summed E-state index contributed by atoms with van der Waals surface area (Å²) in [6.07, 6.45) is 0. The van der Waals surface area contributed by atoms with Gasteiger partial charge >= 0.3 is 0 Å². The number of nitriles is 1. The van der Waals surface area contributed by atoms with Gasteiger partial charge < -0.3 is 15.8 Å². The Bertz CT molecular complexity index is 1010. The van der Waals surface area contributed by atoms with Crippen LogP contribution in [0.4, 0.5) is 5.69 Å². The molecule has 0 unspecified atom stereocenters. The van der Waals surface area contributed by atoms with E-state index in [1.807, 2.05) is 6.07 Å². The van der Waals surface area contributed by atoms with Gasteiger partial charge in [0.05, 0.1) is 17.2 Å². The molecule has 0 radical (unpaired) electrons. The van der Waals surface area contributed by atoms with E-state index in [-0.39, 0.29) is 40.9 Å². The second-order valence-corrected chi connectivity index (χ2v) is 8.09. The Kier molecular flexibility index (Phi) is 6.56. The Morgan fingerprint density at radius 3 is 2.50 bits per heavy atom. The Hall–Kier alpha value is -3.16. The van der Waals surface area contributed by atoms with Crippen molar-refractivity contribution in [1.29, 1.82) is 5.26 Å². The van der Waals surface area contributed by atoms with Crippen molar-refractivity contribution >= 4 is 21.6 Å². The molecule has 10 heteroatoms. The summed E-state index contributed by atoms with van der Waals surface area (Å²) in [5.74, 6) is -0.490. The average molecular weight is 403 g/mol. The number of hydrogen-bond acceptors (Lipinski definition) is 7. The molecule has 0 saturated heterocycles. The standard InChI is InChI=1S/C18H21N5O4S/c1-4-27-18-14(10-19)15(20)9-16(22-18)17(24)21-11-12-5-7-13(8-6-12)28(25,26)23(2)3/h5-9H,4,11H2,1-3H3,(H2,20,22)(H,21,24). The lowest BCUT2D eigenvalue weighted by Crippen LogP contribution is -2.25. The Labute approximate surface area is 163 Å². The molecular formula is C18H21N5O4S. The van der Waals surface area contributed by atoms with Crippen LogP contribution in [0.15, 0.2) is 35.2 Å². The molecule has 0 spiro atoms. The SMILES string of the molecule is CCOc1nc(C(=O)NCc2ccc(S(=O)(=O)N(C)C)cc2)cc(N)c1C#N. The van der Waals surface area contributed by atoms with Gasteiger partial charge in [-0.25, -0.2) is 17.7 Å². The van der Waals surface area contributed by atoms with E-state index >= 15 is 0 Å². The number of aromatic nitrogens is 1. The molecule has 1 heterocycles. The fourth-order valence-electron chi connectivity index (χ4n) is 2.27. The molecule has 28 heavy (non-hydrogen) atoms. The number of ether oxygens (including phenoxy) is 1. The number of nitrogen functional groups attached to an aromatic ring is 1. The highest BCUT2D eigenvalue weighted by Crippen LogP contribution is 2.22. The van der Waals surface area contributed by atoms with Gasteiger partial charge in [0.2, 0.25) is 15.9 Å². The molecule has 1 amide bonds. The van der Waals surface area contributed by atoms with Crippen LogP contribution < -0.4 is 15.8 Å². The third kappa shape index (κ3) is 4.57. The van der Waals surface area contributed by atoms with Crippen molar-refractivity contribution < 1.29 is 17.9 Å². The van der Waals surface area contributed by atoms with Gasteiger partial charge in [0, 0.05) is 20.6 Å². The molecule has 0 fully saturated rings. The van der Waals surface area contributed by atoms with E-state index in [0.717, 1.165) is 4.31 Å². The van der Waals surface area contributed by atoms with E-state index in [1.54, 1.807) is 19.1 Å². The predicted molar refractivity (Wildman–Crippen MR) is 103 cm³/mol. The first kappa shape index (κ1) is 21.1. The van der Waals surface area contributed by atoms with E-state index < -0.39 is 15.9 Å². The largest absolute Gasteiger partial charge is 0.477 e. The van der Waals surface area contributed by atoms with Gasteiger partial charge in [0.25, 0.3) is 5.91 Å². The number of sulfonamides is 1. The van der Waals surface area contributed by atoms with Crippen molar-refractivity contribution in [1.82, 2.24) is 14.6 Å². The van der Waals surface area contributed by atoms with Crippen LogP contribution in [0.3, 0.4) is 0 Å². The van der Waals surface area contributed by atoms with Crippen LogP contribution in [0.25, 0.3) is 0 Å². The Morgan fingerprint density at radius 2 is 1.96 bits per heavy atom. The van der Waals surface area contributed by atoms with E-state index in [9.17, 15) is 13.2 Å². The smallest absolute Gasteiger partial charge is 0.270 e. The second kappa shape index (κ2) is 8.69. The lowest BCUT2D eigenvalue weighted by molar-refractivity contribution is 0.0944. The number of nitrogens with one attached hydrogen (secondary N) is 1. The van der Waals surface area contributed by atoms with Crippen LogP contribution in [0.1, 0.15) is 28.5 Å². The van der Waals surface area contributed by atoms with E-state index in [4.69, 9.17) is 15.7 Å². The summed E-state index contributed by atoms with van der Waals surface area (Å²) >= 11 is 0. The molecule has 2 rings (SSSR count). The number of benzene rings is 1. The zero-order valence-corrected chi connectivity index (χ0v) is 16.6. The number of nitrogens with zero attached hydrogens (tertiary/aromatic N) is 3. The molecule has 0 aliphatic rings. The molecule has 0 aliphatic carbocycles. The van der Waals surface area contributed by atoms with Crippen LogP contribution in [-0.4, -0.2) is 44.3 Å². The van der Waals surface area contributed by atoms with Gasteiger partial charge in [0.15, 0.2) is 0 Å². The quantitative estimate of drug-likeness (QED) is 0.706. The summed E-state index contributed by atoms with van der Waals surface area (Å²) in [6.45, 7) is 2.16. The minimum Gasteiger partial charge on any atom is -0.477 e. The maximum Gasteiger partial charge on any atom is 0.270 e. The number of rotatable bonds is 7. The summed E-state index contributed by atoms with van der Waals surface area (Å²) in [4.78, 5) is 16.6. The topological polar surface area (TPSA) is 138 Å². The minimum absolute atomic E-state index is 0.00777. The van der Waals surface area contributed by atoms with Crippen molar-refractivity contribution in [3.05, 3.63) is 47.2 Å². The van der Waals surface area contributed by atoms with Crippen molar-refractivity contribution in [2.45, 2.75) is 18.4 Å². The molecule has 9 nitrogen and oxygen atoms in total. The van der Waals surface area contributed by atoms with Gasteiger partial charge in [-0.15, -0.1) is 0 Å². The van der Waals surface area contributed by atoms with Crippen LogP contribution in [0, 0.1) is 11.3 Å². The van der Waals surface area contributed by atoms with Gasteiger partial charge in [0.1, 0.15) is 17.3 Å². The summed E-state index contributed by atoms with van der Waals surface area (Å²) < 4.78 is 30.5. The van der Waals surface area contributed by atoms with Crippen molar-refractivity contribution in [3.63, 3.8) is 0 Å². The molecule has 0 atom stereocenters. The maximum atomic E-state index is 12.4. The Morgan fingerprint density at radius 1 is 1.32 bits per heavy atom. The number of nitrogens with two attached hydrogens (primary N) is 1. The molecule has 1 aromatic heterocycles. The molecule has 148 valence electrons. The lowest BCUT2D eigenvalue weighted by atomic mass is 10.2. The van der Waals surface area contributed by atoms with Gasteiger partial charge in [-0.05, 0) is 30.7 Å². The number of pyridine rings is 1. The molecule has 0 aliphatic heterocycles. The molecular weight excluding hydrogens is 382 g/mol. The zero-order chi connectivity index (χ0) is 20.9. The van der Waals surface area contributed by atoms with Gasteiger partial charge in [-0.2, -0.15) is 5.26 Å². The molecule has 3 N–H and O–H groups in total. The number of carbonyl (C=O) groups excluding carboxylic acids is 1. The second-order valence-electron chi connectivity index (χ2n) is 5.94. The third-order valence-electron chi connectivity index (χ3n) is 3.80. The lowest BCUT2D eigenvalue weighted by Gasteiger charge is -2.12. The summed E-state index contributed by atoms with van der Waals surface area (Å²) in [7, 11) is -0.598. The minimum atomic E-state index is -3.51. The van der Waals surface area contributed by atoms with Crippen LogP contribution >= 0.6 is 0 Å². The average Bonchev–Trinajstić information content (AvgIpc) is 2.66. The predicted octanol–water partition coefficient (Wildman–Crippen LogP) is 1.11. The number of carbonyl (C=O) groups is 1. The number of amides is 1. The monoisotopic (exact) mass is 403 g/mol. The first-order chi connectivity index (χ1) is 13.2. The zero-order valence-electron chi connectivity index (χ0n) is 15.8. The number of anilines is 1. The van der Waals surface area contributed by atoms with Crippen molar-refractivity contribution in [2.75, 3.05) is 26.4 Å². The summed E-state index contributed by atoms with van der Waals surface area (Å²) in [5, 5.41) is 11.8. The normalized spacial score (nSPS) is 11.1. The molecule has 0 saturated carbocycles. The van der Waals surface area contributed by atoms with E-state index in [1.165, 1.54) is 32.3 Å². The highest BCUT2D eigenvalue weighted by Gasteiger charge is 2.18. The first-order valence-electron chi connectivity index (χ1n) is 8.33. The number of hydrogen-bond donors (Lipinski definition) is 2. The highest BCUT2D eigenvalue weighted by molar-refractivity contribution is 7.89. The summed E-state index contributed by atoms with van der Waals surface area (Å²) in [5.41, 5.74) is 6.71. The molecule has 1 aromatic carbocycles. The third-order valence-corrected chi connectivity index (χ3v) is 5.63. The van der Waals surface area contributed by atoms with Gasteiger partial charge in [-0.3, -0.25) is 4.79 Å². The van der Waals surface area contributed by atoms with Gasteiger partial charge in [-0.1, -0.05) is 12.1 Å². The van der Waals surface area contributed by atoms with E-state index in [0.29, 0.717) is 5.56 Å². The van der Waals surface area contributed by atoms with E-state index in [2.05, 4.69) is 10.3 Å². The van der Waals surface area contributed by atoms with Crippen LogP contribution in [-0.2, 0) is 16.6 Å². The maximum absolute atomic E-state index is 12.4. The van der Waals surface area contributed by atoms with Crippen LogP contribution in [0.5, 0.6) is 5.88 Å². The van der Waals surface area contributed by atoms with Crippen molar-refractivity contribution in [3.8, 4) is 11.9 Å². The fraction of sp³-hybridized carbons (Fsp3) is 0.278.